The van der Waals surface area contributed by atoms with Crippen LogP contribution in [0.15, 0.2) is 0 Å². The molecule has 2 heterocycles. The predicted octanol–water partition coefficient (Wildman–Crippen LogP) is 3.65. The molecular weight excluding hydrogens is 412 g/mol. The summed E-state index contributed by atoms with van der Waals surface area (Å²) >= 11 is 0. The summed E-state index contributed by atoms with van der Waals surface area (Å²) in [4.78, 5) is 37.9. The number of amides is 2. The SMILES string of the molecule is O=C(O)NC1CCN(C(=O)CC2CCC[C@]3(C2)OOC2(O3)C3CC4CC(C3)CC2C4)CC1. The van der Waals surface area contributed by atoms with Crippen LogP contribution >= 0.6 is 0 Å². The van der Waals surface area contributed by atoms with E-state index in [0.29, 0.717) is 44.2 Å². The lowest BCUT2D eigenvalue weighted by molar-refractivity contribution is -0.390. The summed E-state index contributed by atoms with van der Waals surface area (Å²) < 4.78 is 6.83. The Labute approximate surface area is 189 Å². The highest BCUT2D eigenvalue weighted by atomic mass is 17.3. The van der Waals surface area contributed by atoms with Crippen LogP contribution in [-0.2, 0) is 19.3 Å². The van der Waals surface area contributed by atoms with E-state index in [-0.39, 0.29) is 17.9 Å². The van der Waals surface area contributed by atoms with Crippen LogP contribution in [0.2, 0.25) is 0 Å². The molecule has 2 atom stereocenters. The molecule has 2 saturated heterocycles. The predicted molar refractivity (Wildman–Crippen MR) is 113 cm³/mol. The molecule has 2 spiro atoms. The van der Waals surface area contributed by atoms with Gasteiger partial charge in [-0.25, -0.2) is 4.79 Å². The number of piperidine rings is 1. The van der Waals surface area contributed by atoms with E-state index in [1.807, 2.05) is 4.90 Å². The summed E-state index contributed by atoms with van der Waals surface area (Å²) in [6, 6.07) is -0.0518. The minimum Gasteiger partial charge on any atom is -0.465 e. The highest BCUT2D eigenvalue weighted by Crippen LogP contribution is 2.64. The van der Waals surface area contributed by atoms with Crippen molar-refractivity contribution in [2.45, 2.75) is 94.7 Å². The molecule has 2 aliphatic heterocycles. The number of nitrogens with zero attached hydrogens (tertiary/aromatic N) is 1. The lowest BCUT2D eigenvalue weighted by atomic mass is 9.53. The van der Waals surface area contributed by atoms with Gasteiger partial charge in [0.1, 0.15) is 0 Å². The lowest BCUT2D eigenvalue weighted by Gasteiger charge is -2.57. The van der Waals surface area contributed by atoms with Gasteiger partial charge >= 0.3 is 6.09 Å². The smallest absolute Gasteiger partial charge is 0.404 e. The van der Waals surface area contributed by atoms with Gasteiger partial charge in [0.05, 0.1) is 0 Å². The van der Waals surface area contributed by atoms with Crippen molar-refractivity contribution in [2.75, 3.05) is 13.1 Å². The Morgan fingerprint density at radius 3 is 2.31 bits per heavy atom. The van der Waals surface area contributed by atoms with Crippen LogP contribution < -0.4 is 5.32 Å². The normalized spacial score (nSPS) is 45.6. The van der Waals surface area contributed by atoms with Crippen molar-refractivity contribution in [1.82, 2.24) is 10.2 Å². The molecule has 0 aromatic carbocycles. The van der Waals surface area contributed by atoms with E-state index >= 15 is 0 Å². The minimum atomic E-state index is -0.988. The summed E-state index contributed by atoms with van der Waals surface area (Å²) in [5.41, 5.74) is 0. The summed E-state index contributed by atoms with van der Waals surface area (Å²) in [6.45, 7) is 1.24. The van der Waals surface area contributed by atoms with Gasteiger partial charge in [0, 0.05) is 50.2 Å². The van der Waals surface area contributed by atoms with Gasteiger partial charge in [0.15, 0.2) is 0 Å². The highest BCUT2D eigenvalue weighted by Gasteiger charge is 2.67. The third-order valence-electron chi connectivity index (χ3n) is 9.35. The molecule has 7 fully saturated rings. The van der Waals surface area contributed by atoms with Crippen LogP contribution in [0.5, 0.6) is 0 Å². The Morgan fingerprint density at radius 2 is 1.66 bits per heavy atom. The molecule has 0 aromatic rings. The van der Waals surface area contributed by atoms with Crippen LogP contribution in [0.1, 0.15) is 77.0 Å². The Bertz CT molecular complexity index is 738. The van der Waals surface area contributed by atoms with E-state index in [9.17, 15) is 9.59 Å². The van der Waals surface area contributed by atoms with Crippen LogP contribution in [0.25, 0.3) is 0 Å². The van der Waals surface area contributed by atoms with Crippen LogP contribution in [0, 0.1) is 29.6 Å². The number of nitrogens with one attached hydrogen (secondary N) is 1. The molecule has 5 saturated carbocycles. The van der Waals surface area contributed by atoms with Crippen molar-refractivity contribution in [3.8, 4) is 0 Å². The number of carbonyl (C=O) groups excluding carboxylic acids is 1. The number of hydrogen-bond donors (Lipinski definition) is 2. The third kappa shape index (κ3) is 3.62. The molecule has 5 aliphatic carbocycles. The molecule has 1 unspecified atom stereocenters. The molecule has 7 rings (SSSR count). The summed E-state index contributed by atoms with van der Waals surface area (Å²) in [6.07, 6.45) is 10.7. The van der Waals surface area contributed by atoms with E-state index in [0.717, 1.165) is 37.5 Å². The average Bonchev–Trinajstić information content (AvgIpc) is 3.11. The van der Waals surface area contributed by atoms with Gasteiger partial charge in [-0.1, -0.05) is 0 Å². The molecule has 178 valence electrons. The van der Waals surface area contributed by atoms with Gasteiger partial charge in [-0.3, -0.25) is 4.79 Å². The molecular formula is C24H36N2O6. The van der Waals surface area contributed by atoms with Gasteiger partial charge in [0.25, 0.3) is 0 Å². The van der Waals surface area contributed by atoms with E-state index in [1.54, 1.807) is 0 Å². The second kappa shape index (κ2) is 7.84. The largest absolute Gasteiger partial charge is 0.465 e. The average molecular weight is 449 g/mol. The number of rotatable bonds is 3. The number of hydrogen-bond acceptors (Lipinski definition) is 5. The van der Waals surface area contributed by atoms with E-state index < -0.39 is 17.7 Å². The van der Waals surface area contributed by atoms with Crippen molar-refractivity contribution in [3.05, 3.63) is 0 Å². The first-order chi connectivity index (χ1) is 15.4. The molecule has 2 N–H and O–H groups in total. The molecule has 32 heavy (non-hydrogen) atoms. The second-order valence-corrected chi connectivity index (χ2v) is 11.5. The van der Waals surface area contributed by atoms with Crippen LogP contribution in [-0.4, -0.2) is 52.7 Å². The van der Waals surface area contributed by atoms with Crippen LogP contribution in [0.4, 0.5) is 4.79 Å². The fourth-order valence-electron chi connectivity index (χ4n) is 8.08. The molecule has 8 heteroatoms. The van der Waals surface area contributed by atoms with Gasteiger partial charge < -0.3 is 20.1 Å². The molecule has 4 bridgehead atoms. The van der Waals surface area contributed by atoms with E-state index in [2.05, 4.69) is 5.32 Å². The van der Waals surface area contributed by atoms with Crippen molar-refractivity contribution >= 4 is 12.0 Å². The Morgan fingerprint density at radius 1 is 0.969 bits per heavy atom. The zero-order valence-electron chi connectivity index (χ0n) is 18.8. The van der Waals surface area contributed by atoms with Crippen molar-refractivity contribution in [1.29, 1.82) is 0 Å². The zero-order chi connectivity index (χ0) is 21.9. The van der Waals surface area contributed by atoms with E-state index in [4.69, 9.17) is 19.6 Å². The highest BCUT2D eigenvalue weighted by molar-refractivity contribution is 5.76. The third-order valence-corrected chi connectivity index (χ3v) is 9.35. The quantitative estimate of drug-likeness (QED) is 0.640. The Hall–Kier alpha value is -1.38. The maximum atomic E-state index is 13.0. The molecule has 0 radical (unpaired) electrons. The summed E-state index contributed by atoms with van der Waals surface area (Å²) in [5, 5.41) is 11.4. The first-order valence-electron chi connectivity index (χ1n) is 12.8. The van der Waals surface area contributed by atoms with Gasteiger partial charge in [-0.05, 0) is 75.5 Å². The molecule has 8 nitrogen and oxygen atoms in total. The van der Waals surface area contributed by atoms with E-state index in [1.165, 1.54) is 32.1 Å². The van der Waals surface area contributed by atoms with Crippen molar-refractivity contribution < 1.29 is 29.2 Å². The summed E-state index contributed by atoms with van der Waals surface area (Å²) in [7, 11) is 0. The van der Waals surface area contributed by atoms with Gasteiger partial charge in [-0.15, -0.1) is 0 Å². The maximum Gasteiger partial charge on any atom is 0.404 e. The van der Waals surface area contributed by atoms with Crippen molar-refractivity contribution in [3.63, 3.8) is 0 Å². The Balaban J connectivity index is 1.06. The molecule has 2 amide bonds. The van der Waals surface area contributed by atoms with Crippen LogP contribution in [0.3, 0.4) is 0 Å². The molecule has 7 aliphatic rings. The van der Waals surface area contributed by atoms with Gasteiger partial charge in [0.2, 0.25) is 17.5 Å². The fraction of sp³-hybridized carbons (Fsp3) is 0.917. The van der Waals surface area contributed by atoms with Gasteiger partial charge in [-0.2, -0.15) is 9.78 Å². The first kappa shape index (κ1) is 21.2. The standard InChI is InChI=1S/C24H36N2O6/c27-21(26-6-3-20(4-7-26)25-22(28)29)13-15-2-1-5-23(14-15)30-24(32-31-23)18-9-16-8-17(11-18)12-19(24)10-16/h15-20,25H,1-14H2,(H,28,29)/t15?,16?,17?,18?,19?,23-,24?/m1/s1. The zero-order valence-corrected chi connectivity index (χ0v) is 18.8. The maximum absolute atomic E-state index is 13.0. The molecule has 0 aromatic heterocycles. The minimum absolute atomic E-state index is 0.0518. The number of carboxylic acid groups (broad SMARTS) is 1. The monoisotopic (exact) mass is 448 g/mol. The summed E-state index contributed by atoms with van der Waals surface area (Å²) in [5.74, 6) is 1.79. The lowest BCUT2D eigenvalue weighted by Crippen LogP contribution is -2.59. The Kier molecular flexibility index (Phi) is 5.19. The fourth-order valence-corrected chi connectivity index (χ4v) is 8.08. The topological polar surface area (TPSA) is 97.3 Å². The first-order valence-corrected chi connectivity index (χ1v) is 12.8. The number of ether oxygens (including phenoxy) is 1. The second-order valence-electron chi connectivity index (χ2n) is 11.5. The van der Waals surface area contributed by atoms with Crippen molar-refractivity contribution in [2.24, 2.45) is 29.6 Å². The number of carbonyl (C=O) groups is 2. The number of likely N-dealkylation sites (tertiary alicyclic amines) is 1.